The summed E-state index contributed by atoms with van der Waals surface area (Å²) in [7, 11) is 0. The van der Waals surface area contributed by atoms with Gasteiger partial charge >= 0.3 is 0 Å². The lowest BCUT2D eigenvalue weighted by atomic mass is 9.81. The second-order valence-electron chi connectivity index (χ2n) is 8.73. The van der Waals surface area contributed by atoms with Gasteiger partial charge in [-0.3, -0.25) is 9.59 Å². The molecule has 1 saturated carbocycles. The lowest BCUT2D eigenvalue weighted by Crippen LogP contribution is -2.39. The maximum atomic E-state index is 12.6. The van der Waals surface area contributed by atoms with Crippen molar-refractivity contribution in [2.75, 3.05) is 31.1 Å². The Morgan fingerprint density at radius 1 is 1.13 bits per heavy atom. The smallest absolute Gasteiger partial charge is 0.289 e. The highest BCUT2D eigenvalue weighted by Gasteiger charge is 2.27. The van der Waals surface area contributed by atoms with Crippen LogP contribution in [0.25, 0.3) is 0 Å². The maximum absolute atomic E-state index is 12.6. The van der Waals surface area contributed by atoms with Gasteiger partial charge in [-0.1, -0.05) is 18.2 Å². The van der Waals surface area contributed by atoms with Gasteiger partial charge in [0.25, 0.3) is 5.91 Å². The van der Waals surface area contributed by atoms with Crippen molar-refractivity contribution in [1.82, 2.24) is 15.6 Å². The minimum Gasteiger partial charge on any atom is -0.436 e. The van der Waals surface area contributed by atoms with Gasteiger partial charge in [0.1, 0.15) is 0 Å². The van der Waals surface area contributed by atoms with Crippen LogP contribution in [0.4, 0.5) is 5.69 Å². The number of oxazole rings is 1. The number of hydrogen-bond donors (Lipinski definition) is 2. The summed E-state index contributed by atoms with van der Waals surface area (Å²) in [6, 6.07) is 8.50. The molecule has 2 heterocycles. The monoisotopic (exact) mass is 424 g/mol. The molecule has 1 aromatic carbocycles. The highest BCUT2D eigenvalue weighted by Crippen LogP contribution is 2.29. The Hall–Kier alpha value is -2.83. The van der Waals surface area contributed by atoms with Crippen LogP contribution < -0.4 is 15.5 Å². The van der Waals surface area contributed by atoms with Crippen LogP contribution in [0.5, 0.6) is 0 Å². The first-order chi connectivity index (χ1) is 15.0. The molecule has 2 aromatic rings. The minimum absolute atomic E-state index is 0.0805. The molecule has 166 valence electrons. The van der Waals surface area contributed by atoms with Crippen molar-refractivity contribution >= 4 is 17.5 Å². The van der Waals surface area contributed by atoms with Crippen LogP contribution in [0.15, 0.2) is 28.7 Å². The Morgan fingerprint density at radius 2 is 1.90 bits per heavy atom. The quantitative estimate of drug-likeness (QED) is 0.713. The van der Waals surface area contributed by atoms with E-state index >= 15 is 0 Å². The third-order valence-electron chi connectivity index (χ3n) is 6.54. The summed E-state index contributed by atoms with van der Waals surface area (Å²) in [6.07, 6.45) is 4.73. The van der Waals surface area contributed by atoms with Gasteiger partial charge in [-0.25, -0.2) is 4.98 Å². The number of anilines is 1. The lowest BCUT2D eigenvalue weighted by molar-refractivity contribution is -0.126. The third-order valence-corrected chi connectivity index (χ3v) is 6.54. The zero-order valence-electron chi connectivity index (χ0n) is 18.4. The van der Waals surface area contributed by atoms with Crippen LogP contribution in [0.3, 0.4) is 0 Å². The van der Waals surface area contributed by atoms with Crippen molar-refractivity contribution in [1.29, 1.82) is 0 Å². The maximum Gasteiger partial charge on any atom is 0.289 e. The average Bonchev–Trinajstić information content (AvgIpc) is 3.34. The van der Waals surface area contributed by atoms with Crippen molar-refractivity contribution in [3.8, 4) is 0 Å². The topological polar surface area (TPSA) is 87.5 Å². The van der Waals surface area contributed by atoms with E-state index in [9.17, 15) is 9.59 Å². The van der Waals surface area contributed by atoms with E-state index in [-0.39, 0.29) is 17.7 Å². The van der Waals surface area contributed by atoms with Crippen molar-refractivity contribution in [3.05, 3.63) is 47.2 Å². The Labute approximate surface area is 183 Å². The van der Waals surface area contributed by atoms with Gasteiger partial charge in [0.15, 0.2) is 5.89 Å². The van der Waals surface area contributed by atoms with Crippen LogP contribution in [0.2, 0.25) is 0 Å². The summed E-state index contributed by atoms with van der Waals surface area (Å²) in [5.74, 6) is 1.24. The molecule has 0 spiro atoms. The van der Waals surface area contributed by atoms with Crippen LogP contribution in [-0.4, -0.2) is 43.0 Å². The second-order valence-corrected chi connectivity index (χ2v) is 8.73. The van der Waals surface area contributed by atoms with Crippen molar-refractivity contribution in [2.45, 2.75) is 46.0 Å². The fourth-order valence-corrected chi connectivity index (χ4v) is 4.79. The standard InChI is InChI=1S/C24H32N4O3/c1-16-22(31-17(2)27-16)24(30)26-15-18-7-9-20(10-8-18)23(29)25-12-14-28-13-11-19-5-3-4-6-21(19)28/h3-6,18,20H,7-15H2,1-2H3,(H,25,29)(H,26,30). The largest absolute Gasteiger partial charge is 0.436 e. The van der Waals surface area contributed by atoms with Crippen LogP contribution in [0, 0.1) is 25.7 Å². The molecule has 31 heavy (non-hydrogen) atoms. The highest BCUT2D eigenvalue weighted by molar-refractivity contribution is 5.92. The first-order valence-corrected chi connectivity index (χ1v) is 11.3. The van der Waals surface area contributed by atoms with E-state index in [1.165, 1.54) is 11.3 Å². The first-order valence-electron chi connectivity index (χ1n) is 11.3. The van der Waals surface area contributed by atoms with Crippen LogP contribution in [-0.2, 0) is 11.2 Å². The van der Waals surface area contributed by atoms with Crippen LogP contribution >= 0.6 is 0 Å². The molecule has 1 aliphatic heterocycles. The number of para-hydroxylation sites is 1. The van der Waals surface area contributed by atoms with Gasteiger partial charge in [0, 0.05) is 44.7 Å². The number of nitrogens with zero attached hydrogens (tertiary/aromatic N) is 2. The fraction of sp³-hybridized carbons (Fsp3) is 0.542. The Bertz CT molecular complexity index is 931. The zero-order valence-corrected chi connectivity index (χ0v) is 18.4. The third kappa shape index (κ3) is 5.09. The summed E-state index contributed by atoms with van der Waals surface area (Å²) in [4.78, 5) is 31.4. The molecular weight excluding hydrogens is 392 g/mol. The van der Waals surface area contributed by atoms with Gasteiger partial charge in [0.05, 0.1) is 5.69 Å². The fourth-order valence-electron chi connectivity index (χ4n) is 4.79. The molecule has 2 aliphatic rings. The van der Waals surface area contributed by atoms with Crippen molar-refractivity contribution < 1.29 is 14.0 Å². The lowest BCUT2D eigenvalue weighted by Gasteiger charge is -2.28. The average molecular weight is 425 g/mol. The molecule has 2 amide bonds. The number of carbonyl (C=O) groups excluding carboxylic acids is 2. The molecule has 0 atom stereocenters. The van der Waals surface area contributed by atoms with Gasteiger partial charge < -0.3 is 20.0 Å². The van der Waals surface area contributed by atoms with Gasteiger partial charge in [-0.05, 0) is 56.6 Å². The number of benzene rings is 1. The number of nitrogens with one attached hydrogen (secondary N) is 2. The van der Waals surface area contributed by atoms with Gasteiger partial charge in [-0.2, -0.15) is 0 Å². The molecule has 0 bridgehead atoms. The number of rotatable bonds is 7. The minimum atomic E-state index is -0.207. The van der Waals surface area contributed by atoms with E-state index in [0.717, 1.165) is 45.2 Å². The summed E-state index contributed by atoms with van der Waals surface area (Å²) in [5, 5.41) is 6.10. The zero-order chi connectivity index (χ0) is 21.8. The summed E-state index contributed by atoms with van der Waals surface area (Å²) in [6.45, 7) is 6.68. The number of amides is 2. The number of aryl methyl sites for hydroxylation is 2. The molecule has 2 N–H and O–H groups in total. The highest BCUT2D eigenvalue weighted by atomic mass is 16.4. The predicted octanol–water partition coefficient (Wildman–Crippen LogP) is 3.01. The molecular formula is C24H32N4O3. The Kier molecular flexibility index (Phi) is 6.59. The summed E-state index contributed by atoms with van der Waals surface area (Å²) >= 11 is 0. The molecule has 7 nitrogen and oxygen atoms in total. The normalized spacial score (nSPS) is 20.4. The van der Waals surface area contributed by atoms with Crippen molar-refractivity contribution in [3.63, 3.8) is 0 Å². The number of carbonyl (C=O) groups is 2. The molecule has 0 unspecified atom stereocenters. The summed E-state index contributed by atoms with van der Waals surface area (Å²) < 4.78 is 5.38. The molecule has 7 heteroatoms. The van der Waals surface area contributed by atoms with E-state index in [0.29, 0.717) is 36.4 Å². The Balaban J connectivity index is 1.15. The Morgan fingerprint density at radius 3 is 2.65 bits per heavy atom. The molecule has 0 saturated heterocycles. The van der Waals surface area contributed by atoms with E-state index in [1.807, 2.05) is 0 Å². The van der Waals surface area contributed by atoms with Crippen LogP contribution in [0.1, 0.15) is 53.4 Å². The van der Waals surface area contributed by atoms with E-state index in [1.54, 1.807) is 13.8 Å². The number of fused-ring (bicyclic) bond motifs is 1. The molecule has 1 aliphatic carbocycles. The molecule has 1 fully saturated rings. The van der Waals surface area contributed by atoms with E-state index < -0.39 is 0 Å². The molecule has 4 rings (SSSR count). The van der Waals surface area contributed by atoms with Crippen molar-refractivity contribution in [2.24, 2.45) is 11.8 Å². The molecule has 1 aromatic heterocycles. The number of hydrogen-bond acceptors (Lipinski definition) is 5. The molecule has 0 radical (unpaired) electrons. The summed E-state index contributed by atoms with van der Waals surface area (Å²) in [5.41, 5.74) is 3.32. The van der Waals surface area contributed by atoms with E-state index in [4.69, 9.17) is 4.42 Å². The number of aromatic nitrogens is 1. The van der Waals surface area contributed by atoms with Gasteiger partial charge in [-0.15, -0.1) is 0 Å². The first kappa shape index (κ1) is 21.4. The SMILES string of the molecule is Cc1nc(C)c(C(=O)NCC2CCC(C(=O)NCCN3CCc4ccccc43)CC2)o1. The predicted molar refractivity (Wildman–Crippen MR) is 119 cm³/mol. The van der Waals surface area contributed by atoms with Gasteiger partial charge in [0.2, 0.25) is 11.7 Å². The second kappa shape index (κ2) is 9.54. The van der Waals surface area contributed by atoms with E-state index in [2.05, 4.69) is 44.8 Å².